The molecule has 0 aliphatic heterocycles. The van der Waals surface area contributed by atoms with Crippen LogP contribution in [0.1, 0.15) is 31.2 Å². The van der Waals surface area contributed by atoms with Gasteiger partial charge in [-0.1, -0.05) is 18.2 Å². The second-order valence-electron chi connectivity index (χ2n) is 8.82. The lowest BCUT2D eigenvalue weighted by molar-refractivity contribution is -0.144. The molecule has 4 unspecified atom stereocenters. The third-order valence-corrected chi connectivity index (χ3v) is 5.74. The maximum Gasteiger partial charge on any atom is 0.326 e. The number of carbonyl (C=O) groups is 7. The zero-order valence-electron chi connectivity index (χ0n) is 21.0. The van der Waals surface area contributed by atoms with Crippen molar-refractivity contribution in [1.29, 1.82) is 0 Å². The van der Waals surface area contributed by atoms with E-state index in [9.17, 15) is 43.8 Å². The number of para-hydroxylation sites is 1. The minimum Gasteiger partial charge on any atom is -0.481 e. The van der Waals surface area contributed by atoms with Gasteiger partial charge in [-0.05, 0) is 18.1 Å². The average molecular weight is 564 g/mol. The largest absolute Gasteiger partial charge is 0.481 e. The second kappa shape index (κ2) is 14.2. The van der Waals surface area contributed by atoms with Crippen LogP contribution in [0.2, 0.25) is 0 Å². The molecule has 10 N–H and O–H groups in total. The first kappa shape index (κ1) is 31.2. The maximum atomic E-state index is 13.3. The monoisotopic (exact) mass is 563 g/mol. The van der Waals surface area contributed by atoms with Gasteiger partial charge >= 0.3 is 23.9 Å². The van der Waals surface area contributed by atoms with Crippen LogP contribution in [0.25, 0.3) is 10.9 Å². The number of aromatic amines is 1. The molecule has 0 bridgehead atoms. The number of hydrogen-bond acceptors (Lipinski definition) is 8. The summed E-state index contributed by atoms with van der Waals surface area (Å²) in [4.78, 5) is 86.2. The normalized spacial score (nSPS) is 13.8. The molecule has 3 amide bonds. The lowest BCUT2D eigenvalue weighted by atomic mass is 10.0. The van der Waals surface area contributed by atoms with Crippen molar-refractivity contribution in [3.63, 3.8) is 0 Å². The Bertz CT molecular complexity index is 1290. The summed E-state index contributed by atoms with van der Waals surface area (Å²) in [6, 6.07) is 0.489. The van der Waals surface area contributed by atoms with Crippen LogP contribution in [-0.2, 0) is 40.0 Å². The highest BCUT2D eigenvalue weighted by molar-refractivity contribution is 5.96. The first-order valence-corrected chi connectivity index (χ1v) is 11.9. The summed E-state index contributed by atoms with van der Waals surface area (Å²) >= 11 is 0. The molecule has 0 spiro atoms. The maximum absolute atomic E-state index is 13.3. The summed E-state index contributed by atoms with van der Waals surface area (Å²) in [5, 5.41) is 43.5. The molecule has 16 heteroatoms. The Morgan fingerprint density at radius 2 is 1.32 bits per heavy atom. The Labute approximate surface area is 225 Å². The molecular weight excluding hydrogens is 534 g/mol. The van der Waals surface area contributed by atoms with Crippen LogP contribution in [0.15, 0.2) is 30.5 Å². The number of hydrogen-bond donors (Lipinski definition) is 9. The van der Waals surface area contributed by atoms with Gasteiger partial charge in [0.2, 0.25) is 17.7 Å². The lowest BCUT2D eigenvalue weighted by Gasteiger charge is -2.24. The molecular formula is C24H29N5O11. The quantitative estimate of drug-likeness (QED) is 0.112. The van der Waals surface area contributed by atoms with Crippen molar-refractivity contribution in [3.05, 3.63) is 36.0 Å². The number of benzene rings is 1. The number of H-pyrrole nitrogens is 1. The van der Waals surface area contributed by atoms with E-state index in [4.69, 9.17) is 15.9 Å². The summed E-state index contributed by atoms with van der Waals surface area (Å²) in [5.74, 6) is -9.05. The molecule has 0 fully saturated rings. The Hall–Kier alpha value is -4.99. The number of aromatic nitrogens is 1. The van der Waals surface area contributed by atoms with Crippen molar-refractivity contribution in [2.24, 2.45) is 5.73 Å². The molecule has 2 aromatic rings. The summed E-state index contributed by atoms with van der Waals surface area (Å²) < 4.78 is 0. The van der Waals surface area contributed by atoms with Crippen molar-refractivity contribution in [1.82, 2.24) is 20.9 Å². The van der Waals surface area contributed by atoms with E-state index >= 15 is 0 Å². The molecule has 16 nitrogen and oxygen atoms in total. The minimum absolute atomic E-state index is 0.181. The predicted octanol–water partition coefficient (Wildman–Crippen LogP) is -1.61. The molecule has 4 atom stereocenters. The summed E-state index contributed by atoms with van der Waals surface area (Å²) in [5.41, 5.74) is 6.86. The standard InChI is InChI=1S/C24H29N5O11/c25-13(8-19(32)33)21(36)28-16(7-11-10-26-14-4-2-1-3-12(11)14)22(37)29-17(9-20(34)35)23(38)27-15(24(39)40)5-6-18(30)31/h1-4,10,13,15-17,26H,5-9,25H2,(H,27,38)(H,28,36)(H,29,37)(H,30,31)(H,32,33)(H,34,35)(H,39,40). The summed E-state index contributed by atoms with van der Waals surface area (Å²) in [7, 11) is 0. The van der Waals surface area contributed by atoms with Crippen molar-refractivity contribution >= 4 is 52.5 Å². The summed E-state index contributed by atoms with van der Waals surface area (Å²) in [6.45, 7) is 0. The fraction of sp³-hybridized carbons (Fsp3) is 0.375. The summed E-state index contributed by atoms with van der Waals surface area (Å²) in [6.07, 6.45) is -1.46. The van der Waals surface area contributed by atoms with Crippen molar-refractivity contribution in [2.45, 2.75) is 56.3 Å². The molecule has 40 heavy (non-hydrogen) atoms. The first-order valence-electron chi connectivity index (χ1n) is 11.9. The zero-order valence-corrected chi connectivity index (χ0v) is 21.0. The number of nitrogens with two attached hydrogens (primary N) is 1. The Balaban J connectivity index is 2.30. The zero-order chi connectivity index (χ0) is 30.0. The van der Waals surface area contributed by atoms with E-state index < -0.39 is 91.4 Å². The van der Waals surface area contributed by atoms with Crippen LogP contribution in [0.4, 0.5) is 0 Å². The van der Waals surface area contributed by atoms with Gasteiger partial charge in [-0.15, -0.1) is 0 Å². The van der Waals surface area contributed by atoms with Crippen LogP contribution >= 0.6 is 0 Å². The Morgan fingerprint density at radius 1 is 0.750 bits per heavy atom. The number of carboxylic acids is 4. The van der Waals surface area contributed by atoms with Gasteiger partial charge in [-0.25, -0.2) is 4.79 Å². The third kappa shape index (κ3) is 9.39. The van der Waals surface area contributed by atoms with E-state index in [1.807, 2.05) is 5.32 Å². The van der Waals surface area contributed by atoms with Gasteiger partial charge in [-0.2, -0.15) is 0 Å². The molecule has 216 valence electrons. The molecule has 1 aromatic heterocycles. The fourth-order valence-corrected chi connectivity index (χ4v) is 3.74. The Morgan fingerprint density at radius 3 is 1.93 bits per heavy atom. The number of amides is 3. The number of carboxylic acid groups (broad SMARTS) is 4. The van der Waals surface area contributed by atoms with Gasteiger partial charge < -0.3 is 47.1 Å². The van der Waals surface area contributed by atoms with Crippen LogP contribution in [-0.4, -0.2) is 91.2 Å². The van der Waals surface area contributed by atoms with Crippen molar-refractivity contribution < 1.29 is 54.0 Å². The Kier molecular flexibility index (Phi) is 11.1. The van der Waals surface area contributed by atoms with E-state index in [1.54, 1.807) is 30.5 Å². The molecule has 0 aliphatic carbocycles. The third-order valence-electron chi connectivity index (χ3n) is 5.74. The van der Waals surface area contributed by atoms with Crippen LogP contribution in [0, 0.1) is 0 Å². The average Bonchev–Trinajstić information content (AvgIpc) is 3.27. The van der Waals surface area contributed by atoms with Gasteiger partial charge in [0.1, 0.15) is 18.1 Å². The van der Waals surface area contributed by atoms with Crippen LogP contribution in [0.3, 0.4) is 0 Å². The predicted molar refractivity (Wildman–Crippen MR) is 135 cm³/mol. The highest BCUT2D eigenvalue weighted by Crippen LogP contribution is 2.19. The van der Waals surface area contributed by atoms with E-state index in [2.05, 4.69) is 15.6 Å². The molecule has 2 rings (SSSR count). The van der Waals surface area contributed by atoms with Crippen LogP contribution < -0.4 is 21.7 Å². The highest BCUT2D eigenvalue weighted by Gasteiger charge is 2.32. The second-order valence-corrected chi connectivity index (χ2v) is 8.82. The number of carbonyl (C=O) groups excluding carboxylic acids is 3. The minimum atomic E-state index is -1.81. The topological polar surface area (TPSA) is 278 Å². The lowest BCUT2D eigenvalue weighted by Crippen LogP contribution is -2.58. The van der Waals surface area contributed by atoms with E-state index in [-0.39, 0.29) is 6.42 Å². The molecule has 0 saturated heterocycles. The molecule has 0 aliphatic rings. The highest BCUT2D eigenvalue weighted by atomic mass is 16.4. The van der Waals surface area contributed by atoms with E-state index in [0.717, 1.165) is 0 Å². The molecule has 0 radical (unpaired) electrons. The van der Waals surface area contributed by atoms with Crippen molar-refractivity contribution in [2.75, 3.05) is 0 Å². The number of fused-ring (bicyclic) bond motifs is 1. The first-order chi connectivity index (χ1) is 18.8. The van der Waals surface area contributed by atoms with Crippen LogP contribution in [0.5, 0.6) is 0 Å². The fourth-order valence-electron chi connectivity index (χ4n) is 3.74. The van der Waals surface area contributed by atoms with E-state index in [0.29, 0.717) is 16.5 Å². The van der Waals surface area contributed by atoms with Crippen molar-refractivity contribution in [3.8, 4) is 0 Å². The number of aliphatic carboxylic acids is 4. The number of rotatable bonds is 16. The molecule has 1 heterocycles. The SMILES string of the molecule is NC(CC(=O)O)C(=O)NC(Cc1c[nH]c2ccccc12)C(=O)NC(CC(=O)O)C(=O)NC(CCC(=O)O)C(=O)O. The van der Waals surface area contributed by atoms with Gasteiger partial charge in [-0.3, -0.25) is 28.8 Å². The smallest absolute Gasteiger partial charge is 0.326 e. The van der Waals surface area contributed by atoms with Gasteiger partial charge in [0.15, 0.2) is 0 Å². The molecule has 0 saturated carbocycles. The number of nitrogens with one attached hydrogen (secondary N) is 4. The van der Waals surface area contributed by atoms with Gasteiger partial charge in [0.05, 0.1) is 18.9 Å². The van der Waals surface area contributed by atoms with E-state index in [1.165, 1.54) is 0 Å². The van der Waals surface area contributed by atoms with Gasteiger partial charge in [0.25, 0.3) is 0 Å². The molecule has 1 aromatic carbocycles. The van der Waals surface area contributed by atoms with Gasteiger partial charge in [0, 0.05) is 29.9 Å².